The van der Waals surface area contributed by atoms with Crippen LogP contribution in [0.15, 0.2) is 91.0 Å². The van der Waals surface area contributed by atoms with Crippen LogP contribution in [0.4, 0.5) is 17.1 Å². The molecule has 0 aliphatic carbocycles. The van der Waals surface area contributed by atoms with Crippen LogP contribution in [0.25, 0.3) is 0 Å². The van der Waals surface area contributed by atoms with Gasteiger partial charge in [0.2, 0.25) is 11.8 Å². The minimum atomic E-state index is -0.190. The highest BCUT2D eigenvalue weighted by atomic mass is 16.5. The Bertz CT molecular complexity index is 1080. The molecule has 0 aliphatic rings. The molecule has 0 spiro atoms. The molecule has 0 saturated carbocycles. The first-order valence-electron chi connectivity index (χ1n) is 10.8. The summed E-state index contributed by atoms with van der Waals surface area (Å²) in [6.07, 6.45) is 1.10. The zero-order valence-corrected chi connectivity index (χ0v) is 18.8. The molecule has 3 aromatic carbocycles. The predicted octanol–water partition coefficient (Wildman–Crippen LogP) is 5.26. The Labute approximate surface area is 194 Å². The van der Waals surface area contributed by atoms with E-state index in [1.165, 1.54) is 0 Å². The van der Waals surface area contributed by atoms with Crippen LogP contribution < -0.4 is 20.7 Å². The van der Waals surface area contributed by atoms with Gasteiger partial charge in [0.05, 0.1) is 12.2 Å². The van der Waals surface area contributed by atoms with Crippen LogP contribution in [0, 0.1) is 0 Å². The molecule has 0 saturated heterocycles. The van der Waals surface area contributed by atoms with E-state index in [9.17, 15) is 9.59 Å². The summed E-state index contributed by atoms with van der Waals surface area (Å²) in [5.74, 6) is 0.428. The second-order valence-corrected chi connectivity index (χ2v) is 7.75. The molecule has 0 bridgehead atoms. The number of benzene rings is 3. The Morgan fingerprint density at radius 2 is 1.42 bits per heavy atom. The molecule has 2 amide bonds. The molecule has 0 fully saturated rings. The summed E-state index contributed by atoms with van der Waals surface area (Å²) in [6.45, 7) is 6.23. The number of hydrogen-bond acceptors (Lipinski definition) is 4. The number of carbonyl (C=O) groups excluding carboxylic acids is 2. The average Bonchev–Trinajstić information content (AvgIpc) is 2.82. The minimum Gasteiger partial charge on any atom is -0.487 e. The van der Waals surface area contributed by atoms with Crippen molar-refractivity contribution in [3.8, 4) is 5.75 Å². The highest BCUT2D eigenvalue weighted by Gasteiger charge is 2.07. The second-order valence-electron chi connectivity index (χ2n) is 7.75. The highest BCUT2D eigenvalue weighted by molar-refractivity contribution is 5.95. The van der Waals surface area contributed by atoms with E-state index in [-0.39, 0.29) is 18.4 Å². The summed E-state index contributed by atoms with van der Waals surface area (Å²) in [7, 11) is 0. The number of anilines is 3. The number of nitrogens with one attached hydrogen (secondary N) is 3. The number of para-hydroxylation sites is 2. The first kappa shape index (κ1) is 23.6. The number of carbonyl (C=O) groups is 2. The van der Waals surface area contributed by atoms with Gasteiger partial charge in [-0.15, -0.1) is 0 Å². The maximum Gasteiger partial charge on any atom is 0.243 e. The van der Waals surface area contributed by atoms with Gasteiger partial charge in [0.25, 0.3) is 0 Å². The lowest BCUT2D eigenvalue weighted by Gasteiger charge is -2.13. The quantitative estimate of drug-likeness (QED) is 0.353. The van der Waals surface area contributed by atoms with Crippen molar-refractivity contribution in [2.24, 2.45) is 0 Å². The smallest absolute Gasteiger partial charge is 0.243 e. The Balaban J connectivity index is 1.44. The van der Waals surface area contributed by atoms with Gasteiger partial charge < -0.3 is 20.7 Å². The Morgan fingerprint density at radius 3 is 2.09 bits per heavy atom. The van der Waals surface area contributed by atoms with Crippen LogP contribution in [-0.4, -0.2) is 25.0 Å². The summed E-state index contributed by atoms with van der Waals surface area (Å²) >= 11 is 0. The second kappa shape index (κ2) is 12.1. The molecule has 3 rings (SSSR count). The maximum atomic E-state index is 12.3. The Kier molecular flexibility index (Phi) is 8.65. The number of amides is 2. The van der Waals surface area contributed by atoms with E-state index in [0.29, 0.717) is 36.6 Å². The van der Waals surface area contributed by atoms with Crippen molar-refractivity contribution in [3.05, 3.63) is 96.6 Å². The molecule has 0 atom stereocenters. The number of rotatable bonds is 11. The predicted molar refractivity (Wildman–Crippen MR) is 134 cm³/mol. The third-order valence-corrected chi connectivity index (χ3v) is 4.74. The SMILES string of the molecule is C=C(C)COc1ccccc1NCC(=O)Nc1ccc(NC(=O)CCc2ccccc2)cc1. The van der Waals surface area contributed by atoms with Crippen molar-refractivity contribution in [3.63, 3.8) is 0 Å². The summed E-state index contributed by atoms with van der Waals surface area (Å²) < 4.78 is 5.71. The average molecular weight is 444 g/mol. The van der Waals surface area contributed by atoms with Crippen molar-refractivity contribution in [1.82, 2.24) is 0 Å². The van der Waals surface area contributed by atoms with Gasteiger partial charge in [-0.3, -0.25) is 9.59 Å². The number of ether oxygens (including phenoxy) is 1. The monoisotopic (exact) mass is 443 g/mol. The molecule has 0 radical (unpaired) electrons. The standard InChI is InChI=1S/C27H29N3O3/c1-20(2)19-33-25-11-7-6-10-24(25)28-18-27(32)30-23-15-13-22(14-16-23)29-26(31)17-12-21-8-4-3-5-9-21/h3-11,13-16,28H,1,12,17-19H2,2H3,(H,29,31)(H,30,32). The maximum absolute atomic E-state index is 12.3. The van der Waals surface area contributed by atoms with Crippen LogP contribution in [0.3, 0.4) is 0 Å². The van der Waals surface area contributed by atoms with Gasteiger partial charge in [0.1, 0.15) is 12.4 Å². The molecular formula is C27H29N3O3. The van der Waals surface area contributed by atoms with E-state index in [1.54, 1.807) is 24.3 Å². The number of aryl methyl sites for hydroxylation is 1. The Hall–Kier alpha value is -4.06. The minimum absolute atomic E-state index is 0.0487. The summed E-state index contributed by atoms with van der Waals surface area (Å²) in [5.41, 5.74) is 4.12. The lowest BCUT2D eigenvalue weighted by molar-refractivity contribution is -0.116. The van der Waals surface area contributed by atoms with E-state index in [0.717, 1.165) is 16.8 Å². The van der Waals surface area contributed by atoms with Gasteiger partial charge >= 0.3 is 0 Å². The molecule has 33 heavy (non-hydrogen) atoms. The highest BCUT2D eigenvalue weighted by Crippen LogP contribution is 2.24. The first-order valence-corrected chi connectivity index (χ1v) is 10.8. The van der Waals surface area contributed by atoms with E-state index in [4.69, 9.17) is 4.74 Å². The zero-order valence-electron chi connectivity index (χ0n) is 18.8. The van der Waals surface area contributed by atoms with Crippen molar-refractivity contribution < 1.29 is 14.3 Å². The molecule has 0 heterocycles. The Morgan fingerprint density at radius 1 is 0.818 bits per heavy atom. The third kappa shape index (κ3) is 8.18. The van der Waals surface area contributed by atoms with Gasteiger partial charge in [-0.1, -0.05) is 49.0 Å². The van der Waals surface area contributed by atoms with Crippen LogP contribution >= 0.6 is 0 Å². The first-order chi connectivity index (χ1) is 16.0. The van der Waals surface area contributed by atoms with E-state index in [2.05, 4.69) is 22.5 Å². The van der Waals surface area contributed by atoms with Gasteiger partial charge in [-0.05, 0) is 60.9 Å². The van der Waals surface area contributed by atoms with Crippen LogP contribution in [0.5, 0.6) is 5.75 Å². The number of hydrogen-bond donors (Lipinski definition) is 3. The van der Waals surface area contributed by atoms with Crippen LogP contribution in [0.1, 0.15) is 18.9 Å². The summed E-state index contributed by atoms with van der Waals surface area (Å²) in [6, 6.07) is 24.4. The summed E-state index contributed by atoms with van der Waals surface area (Å²) in [5, 5.41) is 8.82. The molecule has 6 heteroatoms. The fraction of sp³-hybridized carbons (Fsp3) is 0.185. The zero-order chi connectivity index (χ0) is 23.5. The largest absolute Gasteiger partial charge is 0.487 e. The van der Waals surface area contributed by atoms with Crippen molar-refractivity contribution in [2.45, 2.75) is 19.8 Å². The third-order valence-electron chi connectivity index (χ3n) is 4.74. The molecule has 170 valence electrons. The molecular weight excluding hydrogens is 414 g/mol. The van der Waals surface area contributed by atoms with Gasteiger partial charge in [-0.2, -0.15) is 0 Å². The van der Waals surface area contributed by atoms with Gasteiger partial charge in [0.15, 0.2) is 0 Å². The van der Waals surface area contributed by atoms with E-state index in [1.807, 2.05) is 61.5 Å². The molecule has 3 N–H and O–H groups in total. The van der Waals surface area contributed by atoms with Crippen LogP contribution in [-0.2, 0) is 16.0 Å². The lowest BCUT2D eigenvalue weighted by Crippen LogP contribution is -2.22. The van der Waals surface area contributed by atoms with E-state index < -0.39 is 0 Å². The van der Waals surface area contributed by atoms with Crippen LogP contribution in [0.2, 0.25) is 0 Å². The van der Waals surface area contributed by atoms with Gasteiger partial charge in [0, 0.05) is 17.8 Å². The van der Waals surface area contributed by atoms with Crippen molar-refractivity contribution in [2.75, 3.05) is 29.1 Å². The summed E-state index contributed by atoms with van der Waals surface area (Å²) in [4.78, 5) is 24.5. The van der Waals surface area contributed by atoms with E-state index >= 15 is 0 Å². The van der Waals surface area contributed by atoms with Gasteiger partial charge in [-0.25, -0.2) is 0 Å². The normalized spacial score (nSPS) is 10.2. The molecule has 0 aliphatic heterocycles. The molecule has 3 aromatic rings. The topological polar surface area (TPSA) is 79.5 Å². The molecule has 0 aromatic heterocycles. The van der Waals surface area contributed by atoms with Crippen molar-refractivity contribution >= 4 is 28.9 Å². The fourth-order valence-corrected chi connectivity index (χ4v) is 3.08. The molecule has 6 nitrogen and oxygen atoms in total. The van der Waals surface area contributed by atoms with Crippen molar-refractivity contribution in [1.29, 1.82) is 0 Å². The molecule has 0 unspecified atom stereocenters. The lowest BCUT2D eigenvalue weighted by atomic mass is 10.1. The fourth-order valence-electron chi connectivity index (χ4n) is 3.08.